The summed E-state index contributed by atoms with van der Waals surface area (Å²) in [7, 11) is 0. The number of carbonyl (C=O) groups is 1. The van der Waals surface area contributed by atoms with Gasteiger partial charge < -0.3 is 9.63 Å². The molecule has 116 valence electrons. The van der Waals surface area contributed by atoms with E-state index in [1.165, 1.54) is 5.56 Å². The summed E-state index contributed by atoms with van der Waals surface area (Å²) in [5, 5.41) is 12.7. The third kappa shape index (κ3) is 4.04. The maximum Gasteiger partial charge on any atom is 0.331 e. The highest BCUT2D eigenvalue weighted by Crippen LogP contribution is 2.22. The molecule has 0 aliphatic carbocycles. The first-order chi connectivity index (χ1) is 10.3. The second-order valence-electron chi connectivity index (χ2n) is 6.31. The minimum Gasteiger partial charge on any atom is -0.478 e. The van der Waals surface area contributed by atoms with Crippen molar-refractivity contribution in [2.75, 3.05) is 0 Å². The number of nitrogens with zero attached hydrogens (tertiary/aromatic N) is 2. The van der Waals surface area contributed by atoms with E-state index in [2.05, 4.69) is 49.6 Å². The van der Waals surface area contributed by atoms with Gasteiger partial charge in [0.2, 0.25) is 5.89 Å². The van der Waals surface area contributed by atoms with Gasteiger partial charge in [0.05, 0.1) is 6.42 Å². The Morgan fingerprint density at radius 1 is 1.27 bits per heavy atom. The summed E-state index contributed by atoms with van der Waals surface area (Å²) in [6.45, 7) is 9.96. The molecular weight excluding hydrogens is 280 g/mol. The fraction of sp³-hybridized carbons (Fsp3) is 0.353. The SMILES string of the molecule is C=C(Cc1nc(Cc2ccc(C(C)(C)C)cc2)no1)C(=O)O. The topological polar surface area (TPSA) is 76.2 Å². The van der Waals surface area contributed by atoms with E-state index >= 15 is 0 Å². The molecule has 1 aromatic heterocycles. The molecule has 0 saturated heterocycles. The normalized spacial score (nSPS) is 11.4. The van der Waals surface area contributed by atoms with E-state index in [9.17, 15) is 4.79 Å². The summed E-state index contributed by atoms with van der Waals surface area (Å²) < 4.78 is 5.05. The van der Waals surface area contributed by atoms with E-state index in [0.717, 1.165) is 5.56 Å². The molecule has 0 unspecified atom stereocenters. The number of rotatable bonds is 5. The summed E-state index contributed by atoms with van der Waals surface area (Å²) in [4.78, 5) is 14.9. The van der Waals surface area contributed by atoms with Crippen molar-refractivity contribution in [1.82, 2.24) is 10.1 Å². The Bertz CT molecular complexity index is 679. The van der Waals surface area contributed by atoms with Crippen LogP contribution < -0.4 is 0 Å². The van der Waals surface area contributed by atoms with Gasteiger partial charge in [-0.25, -0.2) is 4.79 Å². The van der Waals surface area contributed by atoms with Crippen LogP contribution in [0.5, 0.6) is 0 Å². The molecular formula is C17H20N2O3. The quantitative estimate of drug-likeness (QED) is 0.858. The van der Waals surface area contributed by atoms with Gasteiger partial charge in [-0.15, -0.1) is 0 Å². The molecule has 0 aliphatic rings. The molecule has 0 atom stereocenters. The Morgan fingerprint density at radius 2 is 1.91 bits per heavy atom. The predicted octanol–water partition coefficient (Wildman–Crippen LogP) is 3.14. The second-order valence-corrected chi connectivity index (χ2v) is 6.31. The molecule has 0 aliphatic heterocycles. The molecule has 1 N–H and O–H groups in total. The van der Waals surface area contributed by atoms with Crippen molar-refractivity contribution in [3.8, 4) is 0 Å². The zero-order valence-electron chi connectivity index (χ0n) is 13.1. The van der Waals surface area contributed by atoms with Gasteiger partial charge >= 0.3 is 5.97 Å². The molecule has 0 bridgehead atoms. The van der Waals surface area contributed by atoms with Gasteiger partial charge in [-0.1, -0.05) is 56.8 Å². The van der Waals surface area contributed by atoms with Crippen LogP contribution >= 0.6 is 0 Å². The summed E-state index contributed by atoms with van der Waals surface area (Å²) in [5.74, 6) is -0.247. The lowest BCUT2D eigenvalue weighted by Gasteiger charge is -2.18. The van der Waals surface area contributed by atoms with Crippen LogP contribution in [0.3, 0.4) is 0 Å². The molecule has 0 amide bonds. The molecule has 0 radical (unpaired) electrons. The third-order valence-corrected chi connectivity index (χ3v) is 3.36. The van der Waals surface area contributed by atoms with Crippen molar-refractivity contribution >= 4 is 5.97 Å². The van der Waals surface area contributed by atoms with Gasteiger partial charge in [-0.3, -0.25) is 0 Å². The number of carboxylic acids is 1. The molecule has 5 heteroatoms. The fourth-order valence-electron chi connectivity index (χ4n) is 2.00. The zero-order chi connectivity index (χ0) is 16.3. The van der Waals surface area contributed by atoms with Gasteiger partial charge in [0.25, 0.3) is 0 Å². The number of aromatic nitrogens is 2. The van der Waals surface area contributed by atoms with Crippen molar-refractivity contribution in [1.29, 1.82) is 0 Å². The Balaban J connectivity index is 2.04. The summed E-state index contributed by atoms with van der Waals surface area (Å²) in [6.07, 6.45) is 0.610. The maximum atomic E-state index is 10.7. The highest BCUT2D eigenvalue weighted by Gasteiger charge is 2.14. The number of benzene rings is 1. The number of carboxylic acid groups (broad SMARTS) is 1. The largest absolute Gasteiger partial charge is 0.478 e. The van der Waals surface area contributed by atoms with Crippen molar-refractivity contribution < 1.29 is 14.4 Å². The Kier molecular flexibility index (Phi) is 4.45. The average Bonchev–Trinajstić information content (AvgIpc) is 2.85. The first-order valence-electron chi connectivity index (χ1n) is 7.07. The second kappa shape index (κ2) is 6.13. The van der Waals surface area contributed by atoms with Crippen LogP contribution in [0.25, 0.3) is 0 Å². The van der Waals surface area contributed by atoms with Crippen molar-refractivity contribution in [3.05, 3.63) is 59.3 Å². The van der Waals surface area contributed by atoms with Crippen LogP contribution in [0.15, 0.2) is 40.9 Å². The standard InChI is InChI=1S/C17H20N2O3/c1-11(16(20)21)9-15-18-14(19-22-15)10-12-5-7-13(8-6-12)17(2,3)4/h5-8H,1,9-10H2,2-4H3,(H,20,21). The molecule has 5 nitrogen and oxygen atoms in total. The van der Waals surface area contributed by atoms with Gasteiger partial charge in [-0.05, 0) is 16.5 Å². The lowest BCUT2D eigenvalue weighted by atomic mass is 9.86. The molecule has 1 aromatic carbocycles. The summed E-state index contributed by atoms with van der Waals surface area (Å²) in [5.41, 5.74) is 2.50. The van der Waals surface area contributed by atoms with E-state index in [1.807, 2.05) is 12.1 Å². The van der Waals surface area contributed by atoms with E-state index < -0.39 is 5.97 Å². The van der Waals surface area contributed by atoms with Crippen LogP contribution in [-0.4, -0.2) is 21.2 Å². The lowest BCUT2D eigenvalue weighted by Crippen LogP contribution is -2.10. The van der Waals surface area contributed by atoms with Crippen molar-refractivity contribution in [2.24, 2.45) is 0 Å². The number of hydrogen-bond donors (Lipinski definition) is 1. The summed E-state index contributed by atoms with van der Waals surface area (Å²) in [6, 6.07) is 8.30. The molecule has 2 aromatic rings. The molecule has 0 spiro atoms. The fourth-order valence-corrected chi connectivity index (χ4v) is 2.00. The minimum atomic E-state index is -1.06. The highest BCUT2D eigenvalue weighted by atomic mass is 16.5. The third-order valence-electron chi connectivity index (χ3n) is 3.36. The van der Waals surface area contributed by atoms with Crippen LogP contribution in [-0.2, 0) is 23.1 Å². The zero-order valence-corrected chi connectivity index (χ0v) is 13.1. The van der Waals surface area contributed by atoms with Gasteiger partial charge in [0, 0.05) is 12.0 Å². The number of hydrogen-bond acceptors (Lipinski definition) is 4. The van der Waals surface area contributed by atoms with Crippen molar-refractivity contribution in [2.45, 2.75) is 39.0 Å². The Morgan fingerprint density at radius 3 is 2.45 bits per heavy atom. The molecule has 1 heterocycles. The lowest BCUT2D eigenvalue weighted by molar-refractivity contribution is -0.132. The number of aliphatic carboxylic acids is 1. The Hall–Kier alpha value is -2.43. The smallest absolute Gasteiger partial charge is 0.331 e. The first kappa shape index (κ1) is 15.9. The summed E-state index contributed by atoms with van der Waals surface area (Å²) >= 11 is 0. The van der Waals surface area contributed by atoms with E-state index in [-0.39, 0.29) is 23.3 Å². The van der Waals surface area contributed by atoms with Crippen LogP contribution in [0, 0.1) is 0 Å². The van der Waals surface area contributed by atoms with Crippen LogP contribution in [0.1, 0.15) is 43.6 Å². The highest BCUT2D eigenvalue weighted by molar-refractivity contribution is 5.86. The van der Waals surface area contributed by atoms with Gasteiger partial charge in [0.1, 0.15) is 0 Å². The van der Waals surface area contributed by atoms with Gasteiger partial charge in [-0.2, -0.15) is 4.98 Å². The molecule has 22 heavy (non-hydrogen) atoms. The van der Waals surface area contributed by atoms with Crippen molar-refractivity contribution in [3.63, 3.8) is 0 Å². The van der Waals surface area contributed by atoms with Crippen LogP contribution in [0.4, 0.5) is 0 Å². The van der Waals surface area contributed by atoms with Crippen LogP contribution in [0.2, 0.25) is 0 Å². The molecule has 0 saturated carbocycles. The van der Waals surface area contributed by atoms with E-state index in [4.69, 9.17) is 9.63 Å². The van der Waals surface area contributed by atoms with E-state index in [0.29, 0.717) is 12.2 Å². The molecule has 2 rings (SSSR count). The minimum absolute atomic E-state index is 0.0322. The maximum absolute atomic E-state index is 10.7. The Labute approximate surface area is 129 Å². The predicted molar refractivity (Wildman–Crippen MR) is 82.7 cm³/mol. The first-order valence-corrected chi connectivity index (χ1v) is 7.07. The average molecular weight is 300 g/mol. The van der Waals surface area contributed by atoms with Gasteiger partial charge in [0.15, 0.2) is 5.82 Å². The monoisotopic (exact) mass is 300 g/mol. The van der Waals surface area contributed by atoms with E-state index in [1.54, 1.807) is 0 Å². The molecule has 0 fully saturated rings.